The molecule has 2 aromatic heterocycles. The molecule has 224 valence electrons. The molecule has 2 aromatic carbocycles. The molecular weight excluding hydrogens is 629 g/mol. The smallest absolute Gasteiger partial charge is 0.264 e. The van der Waals surface area contributed by atoms with Gasteiger partial charge < -0.3 is 14.7 Å². The Hall–Kier alpha value is -2.70. The zero-order chi connectivity index (χ0) is 29.5. The number of nitrogens with zero attached hydrogens (tertiary/aromatic N) is 3. The SMILES string of the molecule is O=C(NS(=O)(=O)C1CC1)c1ccc2nc(N3C4CC(NCc5c(-c6c(Cl)cccc6Cl)noc5C5CC5)CC3C4)sc2c1. The lowest BCUT2D eigenvalue weighted by atomic mass is 9.77. The highest BCUT2D eigenvalue weighted by molar-refractivity contribution is 7.91. The van der Waals surface area contributed by atoms with Crippen molar-refractivity contribution in [2.75, 3.05) is 4.90 Å². The second kappa shape index (κ2) is 10.4. The number of piperidine rings is 1. The van der Waals surface area contributed by atoms with E-state index in [1.165, 1.54) is 0 Å². The van der Waals surface area contributed by atoms with Crippen molar-refractivity contribution in [2.24, 2.45) is 0 Å². The van der Waals surface area contributed by atoms with Crippen molar-refractivity contribution in [1.29, 1.82) is 0 Å². The Morgan fingerprint density at radius 2 is 1.79 bits per heavy atom. The van der Waals surface area contributed by atoms with Crippen LogP contribution in [0.5, 0.6) is 0 Å². The van der Waals surface area contributed by atoms with Gasteiger partial charge in [-0.25, -0.2) is 18.1 Å². The Kier molecular flexibility index (Phi) is 6.76. The van der Waals surface area contributed by atoms with Crippen molar-refractivity contribution in [3.8, 4) is 11.3 Å². The van der Waals surface area contributed by atoms with Crippen molar-refractivity contribution in [3.63, 3.8) is 0 Å². The number of halogens is 2. The lowest BCUT2D eigenvalue weighted by Crippen LogP contribution is -2.64. The van der Waals surface area contributed by atoms with Gasteiger partial charge in [-0.2, -0.15) is 0 Å². The number of carbonyl (C=O) groups is 1. The number of fused-ring (bicyclic) bond motifs is 3. The molecule has 2 saturated heterocycles. The molecule has 2 bridgehead atoms. The van der Waals surface area contributed by atoms with Crippen LogP contribution in [0.2, 0.25) is 10.0 Å². The van der Waals surface area contributed by atoms with Gasteiger partial charge in [-0.1, -0.05) is 45.8 Å². The summed E-state index contributed by atoms with van der Waals surface area (Å²) in [5.41, 5.74) is 3.63. The number of thiazole rings is 1. The van der Waals surface area contributed by atoms with Gasteiger partial charge in [-0.15, -0.1) is 0 Å². The maximum absolute atomic E-state index is 12.6. The van der Waals surface area contributed by atoms with Gasteiger partial charge in [-0.3, -0.25) is 4.79 Å². The van der Waals surface area contributed by atoms with Gasteiger partial charge >= 0.3 is 0 Å². The van der Waals surface area contributed by atoms with E-state index in [2.05, 4.69) is 20.1 Å². The first-order valence-electron chi connectivity index (χ1n) is 14.7. The van der Waals surface area contributed by atoms with E-state index in [9.17, 15) is 13.2 Å². The number of hydrogen-bond donors (Lipinski definition) is 2. The topological polar surface area (TPSA) is 117 Å². The van der Waals surface area contributed by atoms with Crippen LogP contribution in [-0.2, 0) is 16.6 Å². The van der Waals surface area contributed by atoms with E-state index in [1.54, 1.807) is 29.5 Å². The maximum Gasteiger partial charge on any atom is 0.264 e. The number of anilines is 1. The standard InChI is InChI=1S/C30H29Cl2N5O4S2/c31-22-2-1-3-23(32)26(22)27-21(28(41-35-27)15-4-5-15)14-33-17-11-18-13-19(12-17)37(18)30-34-24-9-6-16(10-25(24)42-30)29(38)36-43(39,40)20-7-8-20/h1-3,6,9-10,15,17-20,33H,4-5,7-8,11-14H2,(H,36,38). The van der Waals surface area contributed by atoms with Crippen molar-refractivity contribution in [1.82, 2.24) is 20.2 Å². The van der Waals surface area contributed by atoms with Crippen molar-refractivity contribution in [2.45, 2.75) is 80.8 Å². The van der Waals surface area contributed by atoms with Crippen molar-refractivity contribution >= 4 is 65.8 Å². The van der Waals surface area contributed by atoms with Gasteiger partial charge in [0.2, 0.25) is 10.0 Å². The average molecular weight is 659 g/mol. The van der Waals surface area contributed by atoms with Crippen LogP contribution in [0.1, 0.15) is 72.5 Å². The third kappa shape index (κ3) is 5.12. The lowest BCUT2D eigenvalue weighted by Gasteiger charge is -2.55. The quantitative estimate of drug-likeness (QED) is 0.217. The van der Waals surface area contributed by atoms with E-state index in [4.69, 9.17) is 32.7 Å². The summed E-state index contributed by atoms with van der Waals surface area (Å²) in [4.78, 5) is 19.9. The number of benzene rings is 2. The van der Waals surface area contributed by atoms with E-state index in [0.717, 1.165) is 70.0 Å². The first kappa shape index (κ1) is 27.8. The minimum Gasteiger partial charge on any atom is -0.360 e. The normalized spacial score (nSPS) is 23.4. The third-order valence-corrected chi connectivity index (χ3v) is 12.5. The van der Waals surface area contributed by atoms with Gasteiger partial charge in [0.05, 0.1) is 25.5 Å². The molecule has 4 aromatic rings. The molecule has 3 aliphatic carbocycles. The summed E-state index contributed by atoms with van der Waals surface area (Å²) >= 11 is 14.6. The molecule has 4 heterocycles. The number of rotatable bonds is 9. The largest absolute Gasteiger partial charge is 0.360 e. The second-order valence-corrected chi connectivity index (χ2v) is 15.9. The zero-order valence-electron chi connectivity index (χ0n) is 23.1. The summed E-state index contributed by atoms with van der Waals surface area (Å²) in [7, 11) is -3.60. The van der Waals surface area contributed by atoms with E-state index in [0.29, 0.717) is 59.0 Å². The van der Waals surface area contributed by atoms with Crippen molar-refractivity contribution in [3.05, 3.63) is 63.3 Å². The van der Waals surface area contributed by atoms with E-state index >= 15 is 0 Å². The molecule has 43 heavy (non-hydrogen) atoms. The molecule has 5 aliphatic rings. The van der Waals surface area contributed by atoms with E-state index in [1.807, 2.05) is 18.2 Å². The molecule has 0 radical (unpaired) electrons. The molecule has 2 N–H and O–H groups in total. The fourth-order valence-corrected chi connectivity index (χ4v) is 9.52. The van der Waals surface area contributed by atoms with Gasteiger partial charge in [0.1, 0.15) is 11.5 Å². The Bertz CT molecular complexity index is 1830. The molecule has 13 heteroatoms. The number of hydrogen-bond acceptors (Lipinski definition) is 9. The van der Waals surface area contributed by atoms with Gasteiger partial charge in [-0.05, 0) is 75.3 Å². The fourth-order valence-electron chi connectivity index (χ4n) is 6.49. The van der Waals surface area contributed by atoms with Gasteiger partial charge in [0.25, 0.3) is 5.91 Å². The van der Waals surface area contributed by atoms with Crippen LogP contribution in [0.25, 0.3) is 21.5 Å². The van der Waals surface area contributed by atoms with Crippen LogP contribution in [0.4, 0.5) is 5.13 Å². The van der Waals surface area contributed by atoms with Gasteiger partial charge in [0.15, 0.2) is 5.13 Å². The monoisotopic (exact) mass is 657 g/mol. The first-order valence-corrected chi connectivity index (χ1v) is 17.8. The predicted molar refractivity (Wildman–Crippen MR) is 167 cm³/mol. The van der Waals surface area contributed by atoms with E-state index in [-0.39, 0.29) is 0 Å². The Morgan fingerprint density at radius 1 is 1.05 bits per heavy atom. The number of aromatic nitrogens is 2. The molecular formula is C30H29Cl2N5O4S2. The molecule has 0 spiro atoms. The minimum atomic E-state index is -3.60. The average Bonchev–Trinajstić information content (AvgIpc) is 3.91. The minimum absolute atomic E-state index is 0.330. The highest BCUT2D eigenvalue weighted by Crippen LogP contribution is 2.47. The first-order chi connectivity index (χ1) is 20.7. The highest BCUT2D eigenvalue weighted by Gasteiger charge is 2.46. The molecule has 3 saturated carbocycles. The summed E-state index contributed by atoms with van der Waals surface area (Å²) in [5.74, 6) is 0.757. The molecule has 2 atom stereocenters. The summed E-state index contributed by atoms with van der Waals surface area (Å²) in [6.45, 7) is 0.638. The van der Waals surface area contributed by atoms with Crippen LogP contribution in [-0.4, -0.2) is 47.8 Å². The van der Waals surface area contributed by atoms with Crippen molar-refractivity contribution < 1.29 is 17.7 Å². The highest BCUT2D eigenvalue weighted by atomic mass is 35.5. The Morgan fingerprint density at radius 3 is 2.49 bits per heavy atom. The van der Waals surface area contributed by atoms with Crippen LogP contribution >= 0.6 is 34.5 Å². The van der Waals surface area contributed by atoms with Crippen LogP contribution in [0.15, 0.2) is 40.9 Å². The summed E-state index contributed by atoms with van der Waals surface area (Å²) < 4.78 is 33.4. The van der Waals surface area contributed by atoms with Crippen LogP contribution in [0, 0.1) is 0 Å². The number of amides is 1. The molecule has 2 unspecified atom stereocenters. The molecule has 9 nitrogen and oxygen atoms in total. The summed E-state index contributed by atoms with van der Waals surface area (Å²) in [6.07, 6.45) is 6.53. The molecule has 2 aliphatic heterocycles. The van der Waals surface area contributed by atoms with E-state index < -0.39 is 21.2 Å². The van der Waals surface area contributed by atoms with Crippen LogP contribution in [0.3, 0.4) is 0 Å². The number of sulfonamides is 1. The molecule has 9 rings (SSSR count). The Balaban J connectivity index is 0.955. The second-order valence-electron chi connectivity index (χ2n) is 12.1. The fraction of sp³-hybridized carbons (Fsp3) is 0.433. The number of nitrogens with one attached hydrogen (secondary N) is 2. The summed E-state index contributed by atoms with van der Waals surface area (Å²) in [5, 5.41) is 9.83. The molecule has 1 amide bonds. The predicted octanol–water partition coefficient (Wildman–Crippen LogP) is 6.26. The number of carbonyl (C=O) groups excluding carboxylic acids is 1. The summed E-state index contributed by atoms with van der Waals surface area (Å²) in [6, 6.07) is 11.8. The molecule has 5 fully saturated rings. The maximum atomic E-state index is 12.6. The van der Waals surface area contributed by atoms with Crippen LogP contribution < -0.4 is 14.9 Å². The Labute approximate surface area is 263 Å². The third-order valence-electron chi connectivity index (χ3n) is 9.04. The lowest BCUT2D eigenvalue weighted by molar-refractivity contribution is 0.0981. The zero-order valence-corrected chi connectivity index (χ0v) is 26.2. The van der Waals surface area contributed by atoms with Gasteiger partial charge in [0, 0.05) is 47.3 Å².